The minimum Gasteiger partial charge on any atom is -0.382 e. The maximum atomic E-state index is 4.07. The van der Waals surface area contributed by atoms with E-state index in [9.17, 15) is 0 Å². The molecule has 0 aliphatic carbocycles. The van der Waals surface area contributed by atoms with Gasteiger partial charge in [0, 0.05) is 17.9 Å². The van der Waals surface area contributed by atoms with E-state index in [1.165, 1.54) is 0 Å². The average Bonchev–Trinajstić information content (AvgIpc) is 2.04. The molecular formula is C10H15BrN2. The summed E-state index contributed by atoms with van der Waals surface area (Å²) in [6, 6.07) is 4.44. The molecule has 0 aliphatic rings. The molecule has 0 radical (unpaired) electrons. The van der Waals surface area contributed by atoms with Gasteiger partial charge in [-0.15, -0.1) is 0 Å². The Morgan fingerprint density at radius 1 is 1.38 bits per heavy atom. The van der Waals surface area contributed by atoms with Gasteiger partial charge in [-0.05, 0) is 40.9 Å². The molecule has 1 rings (SSSR count). The second-order valence-electron chi connectivity index (χ2n) is 3.54. The third-order valence-electron chi connectivity index (χ3n) is 2.12. The fourth-order valence-electron chi connectivity index (χ4n) is 0.922. The number of nitrogens with one attached hydrogen (secondary N) is 1. The van der Waals surface area contributed by atoms with E-state index in [-0.39, 0.29) is 0 Å². The molecule has 0 aliphatic heterocycles. The molecule has 0 bridgehead atoms. The number of rotatable bonds is 3. The van der Waals surface area contributed by atoms with E-state index in [2.05, 4.69) is 47.0 Å². The van der Waals surface area contributed by atoms with Crippen molar-refractivity contribution in [3.63, 3.8) is 0 Å². The SMILES string of the molecule is CC(C)C(C)Nc1ccnc(Br)c1. The van der Waals surface area contributed by atoms with Crippen molar-refractivity contribution in [2.45, 2.75) is 26.8 Å². The first kappa shape index (κ1) is 10.5. The number of anilines is 1. The molecule has 72 valence electrons. The van der Waals surface area contributed by atoms with E-state index < -0.39 is 0 Å². The van der Waals surface area contributed by atoms with E-state index >= 15 is 0 Å². The number of halogens is 1. The van der Waals surface area contributed by atoms with Crippen LogP contribution in [-0.4, -0.2) is 11.0 Å². The highest BCUT2D eigenvalue weighted by Crippen LogP contribution is 2.15. The topological polar surface area (TPSA) is 24.9 Å². The summed E-state index contributed by atoms with van der Waals surface area (Å²) in [6.07, 6.45) is 1.79. The minimum absolute atomic E-state index is 0.481. The predicted molar refractivity (Wildman–Crippen MR) is 59.9 cm³/mol. The zero-order valence-corrected chi connectivity index (χ0v) is 9.80. The smallest absolute Gasteiger partial charge is 0.108 e. The summed E-state index contributed by atoms with van der Waals surface area (Å²) in [5.74, 6) is 0.631. The number of pyridine rings is 1. The molecule has 1 unspecified atom stereocenters. The van der Waals surface area contributed by atoms with Crippen molar-refractivity contribution < 1.29 is 0 Å². The average molecular weight is 243 g/mol. The fourth-order valence-corrected chi connectivity index (χ4v) is 1.29. The first-order chi connectivity index (χ1) is 6.09. The molecule has 0 fully saturated rings. The van der Waals surface area contributed by atoms with E-state index in [0.29, 0.717) is 12.0 Å². The summed E-state index contributed by atoms with van der Waals surface area (Å²) >= 11 is 3.34. The number of hydrogen-bond donors (Lipinski definition) is 1. The lowest BCUT2D eigenvalue weighted by Gasteiger charge is -2.18. The standard InChI is InChI=1S/C10H15BrN2/c1-7(2)8(3)13-9-4-5-12-10(11)6-9/h4-8H,1-3H3,(H,12,13). The largest absolute Gasteiger partial charge is 0.382 e. The first-order valence-electron chi connectivity index (χ1n) is 4.47. The third-order valence-corrected chi connectivity index (χ3v) is 2.55. The predicted octanol–water partition coefficient (Wildman–Crippen LogP) is 3.30. The Morgan fingerprint density at radius 3 is 2.62 bits per heavy atom. The molecular weight excluding hydrogens is 228 g/mol. The lowest BCUT2D eigenvalue weighted by molar-refractivity contribution is 0.560. The summed E-state index contributed by atoms with van der Waals surface area (Å²) in [4.78, 5) is 4.07. The Morgan fingerprint density at radius 2 is 2.08 bits per heavy atom. The van der Waals surface area contributed by atoms with Crippen LogP contribution in [0.15, 0.2) is 22.9 Å². The molecule has 0 spiro atoms. The normalized spacial score (nSPS) is 13.0. The van der Waals surface area contributed by atoms with Crippen molar-refractivity contribution in [1.29, 1.82) is 0 Å². The highest BCUT2D eigenvalue weighted by atomic mass is 79.9. The molecule has 1 aromatic heterocycles. The second kappa shape index (κ2) is 4.61. The summed E-state index contributed by atoms with van der Waals surface area (Å²) in [7, 11) is 0. The Hall–Kier alpha value is -0.570. The Labute approximate surface area is 87.9 Å². The zero-order valence-electron chi connectivity index (χ0n) is 8.21. The molecule has 0 saturated carbocycles. The van der Waals surface area contributed by atoms with Gasteiger partial charge in [0.2, 0.25) is 0 Å². The monoisotopic (exact) mass is 242 g/mol. The van der Waals surface area contributed by atoms with E-state index in [0.717, 1.165) is 10.3 Å². The Bertz CT molecular complexity index is 273. The molecule has 13 heavy (non-hydrogen) atoms. The Kier molecular flexibility index (Phi) is 3.72. The van der Waals surface area contributed by atoms with Gasteiger partial charge in [0.25, 0.3) is 0 Å². The highest BCUT2D eigenvalue weighted by Gasteiger charge is 2.06. The molecule has 1 aromatic rings. The maximum absolute atomic E-state index is 4.07. The van der Waals surface area contributed by atoms with Gasteiger partial charge in [-0.25, -0.2) is 4.98 Å². The number of hydrogen-bond acceptors (Lipinski definition) is 2. The molecule has 0 aromatic carbocycles. The van der Waals surface area contributed by atoms with Crippen LogP contribution in [0.2, 0.25) is 0 Å². The summed E-state index contributed by atoms with van der Waals surface area (Å²) in [6.45, 7) is 6.58. The molecule has 1 atom stereocenters. The van der Waals surface area contributed by atoms with Crippen molar-refractivity contribution >= 4 is 21.6 Å². The van der Waals surface area contributed by atoms with Gasteiger partial charge >= 0.3 is 0 Å². The summed E-state index contributed by atoms with van der Waals surface area (Å²) < 4.78 is 0.869. The Balaban J connectivity index is 2.64. The quantitative estimate of drug-likeness (QED) is 0.824. The number of aromatic nitrogens is 1. The molecule has 3 heteroatoms. The van der Waals surface area contributed by atoms with Crippen molar-refractivity contribution in [3.8, 4) is 0 Å². The van der Waals surface area contributed by atoms with Crippen LogP contribution < -0.4 is 5.32 Å². The molecule has 1 N–H and O–H groups in total. The molecule has 2 nitrogen and oxygen atoms in total. The van der Waals surface area contributed by atoms with Gasteiger partial charge in [-0.2, -0.15) is 0 Å². The molecule has 1 heterocycles. The maximum Gasteiger partial charge on any atom is 0.108 e. The van der Waals surface area contributed by atoms with Gasteiger partial charge < -0.3 is 5.32 Å². The number of nitrogens with zero attached hydrogens (tertiary/aromatic N) is 1. The third kappa shape index (κ3) is 3.35. The van der Waals surface area contributed by atoms with Crippen LogP contribution in [0.4, 0.5) is 5.69 Å². The lowest BCUT2D eigenvalue weighted by Crippen LogP contribution is -2.21. The van der Waals surface area contributed by atoms with E-state index in [4.69, 9.17) is 0 Å². The summed E-state index contributed by atoms with van der Waals surface area (Å²) in [5, 5.41) is 3.41. The van der Waals surface area contributed by atoms with Gasteiger partial charge in [-0.3, -0.25) is 0 Å². The molecule has 0 amide bonds. The summed E-state index contributed by atoms with van der Waals surface area (Å²) in [5.41, 5.74) is 1.11. The zero-order chi connectivity index (χ0) is 9.84. The van der Waals surface area contributed by atoms with Gasteiger partial charge in [-0.1, -0.05) is 13.8 Å². The first-order valence-corrected chi connectivity index (χ1v) is 5.27. The molecule has 0 saturated heterocycles. The minimum atomic E-state index is 0.481. The van der Waals surface area contributed by atoms with Crippen LogP contribution in [0.3, 0.4) is 0 Å². The van der Waals surface area contributed by atoms with Crippen LogP contribution in [-0.2, 0) is 0 Å². The van der Waals surface area contributed by atoms with Crippen molar-refractivity contribution in [1.82, 2.24) is 4.98 Å². The van der Waals surface area contributed by atoms with Gasteiger partial charge in [0.15, 0.2) is 0 Å². The van der Waals surface area contributed by atoms with Crippen LogP contribution in [0.5, 0.6) is 0 Å². The van der Waals surface area contributed by atoms with Gasteiger partial charge in [0.1, 0.15) is 4.60 Å². The van der Waals surface area contributed by atoms with Crippen molar-refractivity contribution in [2.75, 3.05) is 5.32 Å². The van der Waals surface area contributed by atoms with Crippen LogP contribution in [0.25, 0.3) is 0 Å². The van der Waals surface area contributed by atoms with Crippen LogP contribution in [0, 0.1) is 5.92 Å². The fraction of sp³-hybridized carbons (Fsp3) is 0.500. The van der Waals surface area contributed by atoms with E-state index in [1.807, 2.05) is 12.1 Å². The lowest BCUT2D eigenvalue weighted by atomic mass is 10.1. The van der Waals surface area contributed by atoms with Crippen LogP contribution in [0.1, 0.15) is 20.8 Å². The second-order valence-corrected chi connectivity index (χ2v) is 4.36. The van der Waals surface area contributed by atoms with Crippen molar-refractivity contribution in [2.24, 2.45) is 5.92 Å². The van der Waals surface area contributed by atoms with Gasteiger partial charge in [0.05, 0.1) is 0 Å². The van der Waals surface area contributed by atoms with E-state index in [1.54, 1.807) is 6.20 Å². The highest BCUT2D eigenvalue weighted by molar-refractivity contribution is 9.10. The van der Waals surface area contributed by atoms with Crippen molar-refractivity contribution in [3.05, 3.63) is 22.9 Å². The van der Waals surface area contributed by atoms with Crippen LogP contribution >= 0.6 is 15.9 Å².